The average molecular weight is 280 g/mol. The molecule has 2 heterocycles. The maximum Gasteiger partial charge on any atom is 0.337 e. The number of nitrogens with zero attached hydrogens (tertiary/aromatic N) is 1. The monoisotopic (exact) mass is 280 g/mol. The van der Waals surface area contributed by atoms with Crippen LogP contribution in [0, 0.1) is 5.92 Å². The van der Waals surface area contributed by atoms with Gasteiger partial charge in [0.25, 0.3) is 0 Å². The number of carboxylic acids is 1. The number of amides is 1. The zero-order chi connectivity index (χ0) is 13.7. The number of nitrogens with one attached hydrogen (secondary N) is 1. The minimum absolute atomic E-state index is 0.0683. The van der Waals surface area contributed by atoms with Gasteiger partial charge in [0, 0.05) is 12.6 Å². The van der Waals surface area contributed by atoms with E-state index in [1.165, 1.54) is 18.5 Å². The highest BCUT2D eigenvalue weighted by molar-refractivity contribution is 7.99. The molecule has 1 amide bonds. The largest absolute Gasteiger partial charge is 0.478 e. The molecule has 0 bridgehead atoms. The Kier molecular flexibility index (Phi) is 4.79. The van der Waals surface area contributed by atoms with E-state index in [0.717, 1.165) is 24.3 Å². The summed E-state index contributed by atoms with van der Waals surface area (Å²) in [6, 6.07) is 1.42. The molecule has 0 aromatic carbocycles. The van der Waals surface area contributed by atoms with Gasteiger partial charge in [-0.1, -0.05) is 0 Å². The molecule has 2 N–H and O–H groups in total. The van der Waals surface area contributed by atoms with Crippen LogP contribution in [0.2, 0.25) is 0 Å². The van der Waals surface area contributed by atoms with Crippen LogP contribution in [0.5, 0.6) is 0 Å². The lowest BCUT2D eigenvalue weighted by Gasteiger charge is -2.20. The number of anilines is 1. The third-order valence-electron chi connectivity index (χ3n) is 3.08. The van der Waals surface area contributed by atoms with Gasteiger partial charge in [-0.3, -0.25) is 9.78 Å². The van der Waals surface area contributed by atoms with Crippen molar-refractivity contribution in [1.29, 1.82) is 0 Å². The number of thioether (sulfide) groups is 1. The van der Waals surface area contributed by atoms with E-state index in [0.29, 0.717) is 18.0 Å². The lowest BCUT2D eigenvalue weighted by Crippen LogP contribution is -2.19. The summed E-state index contributed by atoms with van der Waals surface area (Å²) in [5.74, 6) is 1.56. The van der Waals surface area contributed by atoms with E-state index in [4.69, 9.17) is 5.11 Å². The topological polar surface area (TPSA) is 79.3 Å². The van der Waals surface area contributed by atoms with E-state index in [1.807, 2.05) is 11.8 Å². The van der Waals surface area contributed by atoms with Gasteiger partial charge in [0.2, 0.25) is 5.91 Å². The minimum atomic E-state index is -1.05. The highest BCUT2D eigenvalue weighted by Gasteiger charge is 2.17. The van der Waals surface area contributed by atoms with Crippen LogP contribution in [0.15, 0.2) is 18.5 Å². The van der Waals surface area contributed by atoms with Crippen LogP contribution < -0.4 is 5.32 Å². The summed E-state index contributed by atoms with van der Waals surface area (Å²) in [6.07, 6.45) is 5.37. The average Bonchev–Trinajstić information content (AvgIpc) is 2.40. The van der Waals surface area contributed by atoms with Crippen molar-refractivity contribution < 1.29 is 14.7 Å². The third kappa shape index (κ3) is 4.24. The molecule has 2 rings (SSSR count). The van der Waals surface area contributed by atoms with Gasteiger partial charge >= 0.3 is 5.97 Å². The van der Waals surface area contributed by atoms with Gasteiger partial charge in [0.05, 0.1) is 17.4 Å². The van der Waals surface area contributed by atoms with Crippen molar-refractivity contribution in [3.05, 3.63) is 24.0 Å². The first-order valence-electron chi connectivity index (χ1n) is 6.21. The number of aromatic nitrogens is 1. The Morgan fingerprint density at radius 2 is 2.11 bits per heavy atom. The Morgan fingerprint density at radius 1 is 1.37 bits per heavy atom. The van der Waals surface area contributed by atoms with Crippen LogP contribution in [0.1, 0.15) is 29.6 Å². The van der Waals surface area contributed by atoms with Crippen molar-refractivity contribution in [3.8, 4) is 0 Å². The van der Waals surface area contributed by atoms with E-state index in [9.17, 15) is 9.59 Å². The standard InChI is InChI=1S/C13H16N2O3S/c16-12(5-9-1-3-19-4-2-9)15-11-6-10(13(17)18)7-14-8-11/h6-9H,1-5H2,(H,15,16)(H,17,18). The zero-order valence-electron chi connectivity index (χ0n) is 10.5. The summed E-state index contributed by atoms with van der Waals surface area (Å²) >= 11 is 1.93. The smallest absolute Gasteiger partial charge is 0.337 e. The number of carbonyl (C=O) groups is 2. The summed E-state index contributed by atoms with van der Waals surface area (Å²) in [4.78, 5) is 26.5. The molecular weight excluding hydrogens is 264 g/mol. The van der Waals surface area contributed by atoms with Crippen molar-refractivity contribution >= 4 is 29.3 Å². The minimum Gasteiger partial charge on any atom is -0.478 e. The van der Waals surface area contributed by atoms with E-state index in [-0.39, 0.29) is 11.5 Å². The third-order valence-corrected chi connectivity index (χ3v) is 4.13. The molecular formula is C13H16N2O3S. The molecule has 0 aliphatic carbocycles. The fourth-order valence-electron chi connectivity index (χ4n) is 2.05. The van der Waals surface area contributed by atoms with E-state index < -0.39 is 5.97 Å². The Morgan fingerprint density at radius 3 is 2.79 bits per heavy atom. The molecule has 6 heteroatoms. The normalized spacial score (nSPS) is 16.0. The van der Waals surface area contributed by atoms with Gasteiger partial charge in [-0.05, 0) is 36.3 Å². The second-order valence-corrected chi connectivity index (χ2v) is 5.80. The number of pyridine rings is 1. The molecule has 1 aromatic rings. The number of hydrogen-bond donors (Lipinski definition) is 2. The maximum absolute atomic E-state index is 11.9. The van der Waals surface area contributed by atoms with Crippen molar-refractivity contribution in [2.75, 3.05) is 16.8 Å². The number of rotatable bonds is 4. The molecule has 5 nitrogen and oxygen atoms in total. The second-order valence-electron chi connectivity index (χ2n) is 4.58. The van der Waals surface area contributed by atoms with Gasteiger partial charge in [-0.25, -0.2) is 4.79 Å². The van der Waals surface area contributed by atoms with Crippen LogP contribution in [0.3, 0.4) is 0 Å². The molecule has 0 atom stereocenters. The van der Waals surface area contributed by atoms with Crippen LogP contribution in [-0.2, 0) is 4.79 Å². The molecule has 0 spiro atoms. The highest BCUT2D eigenvalue weighted by atomic mass is 32.2. The van der Waals surface area contributed by atoms with Gasteiger partial charge in [-0.15, -0.1) is 0 Å². The van der Waals surface area contributed by atoms with Gasteiger partial charge in [0.15, 0.2) is 0 Å². The lowest BCUT2D eigenvalue weighted by atomic mass is 9.98. The Bertz CT molecular complexity index is 473. The quantitative estimate of drug-likeness (QED) is 0.884. The van der Waals surface area contributed by atoms with Crippen LogP contribution in [-0.4, -0.2) is 33.5 Å². The molecule has 1 aliphatic rings. The number of aromatic carboxylic acids is 1. The molecule has 0 saturated carbocycles. The van der Waals surface area contributed by atoms with Gasteiger partial charge in [-0.2, -0.15) is 11.8 Å². The molecule has 1 aliphatic heterocycles. The first-order chi connectivity index (χ1) is 9.15. The Hall–Kier alpha value is -1.56. The van der Waals surface area contributed by atoms with Crippen molar-refractivity contribution in [2.45, 2.75) is 19.3 Å². The molecule has 0 radical (unpaired) electrons. The summed E-state index contributed by atoms with van der Waals surface area (Å²) in [6.45, 7) is 0. The Labute approximate surface area is 115 Å². The number of carbonyl (C=O) groups excluding carboxylic acids is 1. The summed E-state index contributed by atoms with van der Waals surface area (Å²) in [5.41, 5.74) is 0.516. The number of carboxylic acid groups (broad SMARTS) is 1. The number of hydrogen-bond acceptors (Lipinski definition) is 4. The maximum atomic E-state index is 11.9. The SMILES string of the molecule is O=C(CC1CCSCC1)Nc1cncc(C(=O)O)c1. The predicted molar refractivity (Wildman–Crippen MR) is 74.5 cm³/mol. The fourth-order valence-corrected chi connectivity index (χ4v) is 3.25. The summed E-state index contributed by atoms with van der Waals surface area (Å²) < 4.78 is 0. The lowest BCUT2D eigenvalue weighted by molar-refractivity contribution is -0.117. The zero-order valence-corrected chi connectivity index (χ0v) is 11.3. The fraction of sp³-hybridized carbons (Fsp3) is 0.462. The van der Waals surface area contributed by atoms with Crippen molar-refractivity contribution in [3.63, 3.8) is 0 Å². The first-order valence-corrected chi connectivity index (χ1v) is 7.36. The van der Waals surface area contributed by atoms with Crippen LogP contribution in [0.25, 0.3) is 0 Å². The van der Waals surface area contributed by atoms with E-state index in [2.05, 4.69) is 10.3 Å². The Balaban J connectivity index is 1.90. The molecule has 102 valence electrons. The predicted octanol–water partition coefficient (Wildman–Crippen LogP) is 2.25. The van der Waals surface area contributed by atoms with E-state index >= 15 is 0 Å². The van der Waals surface area contributed by atoms with Crippen LogP contribution in [0.4, 0.5) is 5.69 Å². The molecule has 19 heavy (non-hydrogen) atoms. The van der Waals surface area contributed by atoms with Crippen molar-refractivity contribution in [2.24, 2.45) is 5.92 Å². The molecule has 1 saturated heterocycles. The first kappa shape index (κ1) is 13.9. The molecule has 1 fully saturated rings. The van der Waals surface area contributed by atoms with Gasteiger partial charge < -0.3 is 10.4 Å². The van der Waals surface area contributed by atoms with Crippen LogP contribution >= 0.6 is 11.8 Å². The van der Waals surface area contributed by atoms with Crippen molar-refractivity contribution in [1.82, 2.24) is 4.98 Å². The summed E-state index contributed by atoms with van der Waals surface area (Å²) in [7, 11) is 0. The van der Waals surface area contributed by atoms with E-state index in [1.54, 1.807) is 0 Å². The molecule has 1 aromatic heterocycles. The highest BCUT2D eigenvalue weighted by Crippen LogP contribution is 2.25. The molecule has 0 unspecified atom stereocenters. The second kappa shape index (κ2) is 6.56. The summed E-state index contributed by atoms with van der Waals surface area (Å²) in [5, 5.41) is 11.6. The van der Waals surface area contributed by atoms with Gasteiger partial charge in [0.1, 0.15) is 0 Å².